The number of H-pyrrole nitrogens is 2. The van der Waals surface area contributed by atoms with E-state index >= 15 is 0 Å². The maximum atomic E-state index is 12.7. The average Bonchev–Trinajstić information content (AvgIpc) is 3.33. The van der Waals surface area contributed by atoms with Crippen molar-refractivity contribution < 1.29 is 4.79 Å². The molecular weight excluding hydrogens is 292 g/mol. The minimum atomic E-state index is -0.163. The lowest BCUT2D eigenvalue weighted by Crippen LogP contribution is -2.45. The Kier molecular flexibility index (Phi) is 3.79. The first kappa shape index (κ1) is 15.0. The fourth-order valence-electron chi connectivity index (χ4n) is 4.19. The molecule has 1 amide bonds. The molecule has 4 heterocycles. The standard InChI is InChI=1S/C17H26N4O2/c1-11-15(17(23)19-18-11)6-16(22)21-9-13-4-5-14(10-21)20(8-13)7-12-2-3-12/h12-14H,2-10H2,1H3,(H2,18,19,23)/t13-,14-/m1/s1. The van der Waals surface area contributed by atoms with Gasteiger partial charge in [-0.15, -0.1) is 0 Å². The number of carbonyl (C=O) groups excluding carboxylic acids is 1. The van der Waals surface area contributed by atoms with Crippen LogP contribution >= 0.6 is 0 Å². The molecule has 2 bridgehead atoms. The molecule has 3 saturated heterocycles. The predicted molar refractivity (Wildman–Crippen MR) is 87.2 cm³/mol. The van der Waals surface area contributed by atoms with Crippen LogP contribution in [0.25, 0.3) is 0 Å². The molecule has 4 aliphatic rings. The van der Waals surface area contributed by atoms with Gasteiger partial charge in [0.2, 0.25) is 5.91 Å². The van der Waals surface area contributed by atoms with Crippen LogP contribution in [-0.2, 0) is 11.2 Å². The zero-order valence-electron chi connectivity index (χ0n) is 13.8. The normalized spacial score (nSPS) is 28.1. The van der Waals surface area contributed by atoms with Crippen molar-refractivity contribution in [3.8, 4) is 0 Å². The molecule has 1 aromatic heterocycles. The zero-order chi connectivity index (χ0) is 16.0. The maximum Gasteiger partial charge on any atom is 0.267 e. The molecule has 126 valence electrons. The van der Waals surface area contributed by atoms with E-state index in [0.29, 0.717) is 17.5 Å². The molecule has 2 N–H and O–H groups in total. The number of hydrogen-bond donors (Lipinski definition) is 2. The van der Waals surface area contributed by atoms with Crippen molar-refractivity contribution in [1.82, 2.24) is 20.0 Å². The fourth-order valence-corrected chi connectivity index (χ4v) is 4.19. The van der Waals surface area contributed by atoms with E-state index in [1.165, 1.54) is 32.2 Å². The molecular formula is C17H26N4O2. The first-order valence-electron chi connectivity index (χ1n) is 8.88. The van der Waals surface area contributed by atoms with E-state index in [1.54, 1.807) is 0 Å². The number of aromatic amines is 2. The maximum absolute atomic E-state index is 12.7. The first-order valence-corrected chi connectivity index (χ1v) is 8.88. The Bertz CT molecular complexity index is 645. The highest BCUT2D eigenvalue weighted by Gasteiger charge is 2.38. The second kappa shape index (κ2) is 5.82. The van der Waals surface area contributed by atoms with Gasteiger partial charge in [-0.05, 0) is 44.4 Å². The highest BCUT2D eigenvalue weighted by Crippen LogP contribution is 2.34. The molecule has 0 radical (unpaired) electrons. The van der Waals surface area contributed by atoms with Crippen LogP contribution in [-0.4, -0.2) is 58.1 Å². The van der Waals surface area contributed by atoms with Crippen molar-refractivity contribution >= 4 is 5.91 Å². The van der Waals surface area contributed by atoms with E-state index in [1.807, 2.05) is 11.8 Å². The third-order valence-electron chi connectivity index (χ3n) is 5.79. The second-order valence-electron chi connectivity index (χ2n) is 7.65. The van der Waals surface area contributed by atoms with Crippen LogP contribution in [0, 0.1) is 18.8 Å². The lowest BCUT2D eigenvalue weighted by molar-refractivity contribution is -0.130. The van der Waals surface area contributed by atoms with Crippen LogP contribution < -0.4 is 5.56 Å². The molecule has 1 saturated carbocycles. The van der Waals surface area contributed by atoms with Gasteiger partial charge in [0.25, 0.3) is 5.56 Å². The van der Waals surface area contributed by atoms with Gasteiger partial charge >= 0.3 is 0 Å². The summed E-state index contributed by atoms with van der Waals surface area (Å²) in [7, 11) is 0. The van der Waals surface area contributed by atoms with Crippen LogP contribution in [0.15, 0.2) is 4.79 Å². The van der Waals surface area contributed by atoms with Crippen LogP contribution in [0.1, 0.15) is 36.9 Å². The lowest BCUT2D eigenvalue weighted by Gasteiger charge is -2.36. The van der Waals surface area contributed by atoms with Crippen LogP contribution in [0.2, 0.25) is 0 Å². The topological polar surface area (TPSA) is 72.2 Å². The minimum Gasteiger partial charge on any atom is -0.341 e. The molecule has 1 aliphatic carbocycles. The minimum absolute atomic E-state index is 0.100. The summed E-state index contributed by atoms with van der Waals surface area (Å²) in [6, 6.07) is 0.518. The molecule has 23 heavy (non-hydrogen) atoms. The summed E-state index contributed by atoms with van der Waals surface area (Å²) in [6.07, 6.45) is 5.43. The number of piperidine rings is 1. The van der Waals surface area contributed by atoms with E-state index < -0.39 is 0 Å². The monoisotopic (exact) mass is 318 g/mol. The Hall–Kier alpha value is -1.56. The number of amides is 1. The van der Waals surface area contributed by atoms with Crippen molar-refractivity contribution in [3.05, 3.63) is 21.6 Å². The molecule has 1 aromatic rings. The number of nitrogens with one attached hydrogen (secondary N) is 2. The molecule has 5 rings (SSSR count). The van der Waals surface area contributed by atoms with Gasteiger partial charge in [0.05, 0.1) is 6.42 Å². The molecule has 0 unspecified atom stereocenters. The van der Waals surface area contributed by atoms with Crippen LogP contribution in [0.5, 0.6) is 0 Å². The van der Waals surface area contributed by atoms with Gasteiger partial charge in [0.15, 0.2) is 0 Å². The lowest BCUT2D eigenvalue weighted by atomic mass is 9.95. The summed E-state index contributed by atoms with van der Waals surface area (Å²) in [6.45, 7) is 5.90. The van der Waals surface area contributed by atoms with Crippen molar-refractivity contribution in [2.24, 2.45) is 11.8 Å². The second-order valence-corrected chi connectivity index (χ2v) is 7.65. The Morgan fingerprint density at radius 1 is 1.13 bits per heavy atom. The van der Waals surface area contributed by atoms with Gasteiger partial charge in [-0.1, -0.05) is 0 Å². The summed E-state index contributed by atoms with van der Waals surface area (Å²) >= 11 is 0. The number of nitrogens with zero attached hydrogens (tertiary/aromatic N) is 2. The number of rotatable bonds is 4. The van der Waals surface area contributed by atoms with Gasteiger partial charge < -0.3 is 10.00 Å². The SMILES string of the molecule is Cc1[nH][nH]c(=O)c1CC(=O)N1C[C@@H]2CC[C@H](C1)N(CC1CC1)C2. The predicted octanol–water partition coefficient (Wildman–Crippen LogP) is 0.887. The highest BCUT2D eigenvalue weighted by atomic mass is 16.2. The Labute approximate surface area is 136 Å². The molecule has 3 aliphatic heterocycles. The fraction of sp³-hybridized carbons (Fsp3) is 0.765. The number of aromatic nitrogens is 2. The number of fused-ring (bicyclic) bond motifs is 4. The Morgan fingerprint density at radius 3 is 2.65 bits per heavy atom. The number of aryl methyl sites for hydroxylation is 1. The molecule has 6 nitrogen and oxygen atoms in total. The summed E-state index contributed by atoms with van der Waals surface area (Å²) in [5, 5.41) is 5.37. The van der Waals surface area contributed by atoms with Crippen molar-refractivity contribution in [2.75, 3.05) is 26.2 Å². The van der Waals surface area contributed by atoms with E-state index in [9.17, 15) is 9.59 Å². The van der Waals surface area contributed by atoms with Crippen LogP contribution in [0.3, 0.4) is 0 Å². The van der Waals surface area contributed by atoms with Gasteiger partial charge in [-0.2, -0.15) is 0 Å². The number of hydrogen-bond acceptors (Lipinski definition) is 3. The molecule has 4 fully saturated rings. The summed E-state index contributed by atoms with van der Waals surface area (Å²) in [4.78, 5) is 29.2. The van der Waals surface area contributed by atoms with Gasteiger partial charge in [0.1, 0.15) is 0 Å². The molecule has 0 aromatic carbocycles. The smallest absolute Gasteiger partial charge is 0.267 e. The van der Waals surface area contributed by atoms with E-state index in [0.717, 1.165) is 31.2 Å². The van der Waals surface area contributed by atoms with Gasteiger partial charge in [-0.25, -0.2) is 0 Å². The van der Waals surface area contributed by atoms with E-state index in [2.05, 4.69) is 15.1 Å². The summed E-state index contributed by atoms with van der Waals surface area (Å²) in [5.74, 6) is 1.60. The molecule has 0 spiro atoms. The average molecular weight is 318 g/mol. The van der Waals surface area contributed by atoms with Crippen molar-refractivity contribution in [3.63, 3.8) is 0 Å². The quantitative estimate of drug-likeness (QED) is 0.866. The van der Waals surface area contributed by atoms with Crippen molar-refractivity contribution in [2.45, 2.75) is 45.1 Å². The first-order chi connectivity index (χ1) is 11.1. The summed E-state index contributed by atoms with van der Waals surface area (Å²) in [5.41, 5.74) is 1.20. The third-order valence-corrected chi connectivity index (χ3v) is 5.79. The third kappa shape index (κ3) is 3.09. The number of carbonyl (C=O) groups is 1. The largest absolute Gasteiger partial charge is 0.341 e. The van der Waals surface area contributed by atoms with Crippen molar-refractivity contribution in [1.29, 1.82) is 0 Å². The van der Waals surface area contributed by atoms with E-state index in [-0.39, 0.29) is 17.9 Å². The van der Waals surface area contributed by atoms with Gasteiger partial charge in [0, 0.05) is 43.5 Å². The molecule has 2 atom stereocenters. The summed E-state index contributed by atoms with van der Waals surface area (Å²) < 4.78 is 0. The van der Waals surface area contributed by atoms with Crippen LogP contribution in [0.4, 0.5) is 0 Å². The van der Waals surface area contributed by atoms with E-state index in [4.69, 9.17) is 0 Å². The highest BCUT2D eigenvalue weighted by molar-refractivity contribution is 5.79. The Balaban J connectivity index is 1.45. The molecule has 6 heteroatoms. The van der Waals surface area contributed by atoms with Gasteiger partial charge in [-0.3, -0.25) is 19.6 Å². The zero-order valence-corrected chi connectivity index (χ0v) is 13.8. The Morgan fingerprint density at radius 2 is 1.96 bits per heavy atom.